The van der Waals surface area contributed by atoms with E-state index in [1.165, 1.54) is 12.8 Å². The first-order valence-corrected chi connectivity index (χ1v) is 4.01. The molecular formula is C8H18N2. The average Bonchev–Trinajstić information content (AvgIpc) is 1.87. The van der Waals surface area contributed by atoms with Crippen LogP contribution in [-0.2, 0) is 0 Å². The van der Waals surface area contributed by atoms with Gasteiger partial charge in [-0.25, -0.2) is 0 Å². The summed E-state index contributed by atoms with van der Waals surface area (Å²) in [6.07, 6.45) is 4.22. The SMILES string of the molecule is CCCCN=CNC(C)C. The van der Waals surface area contributed by atoms with E-state index >= 15 is 0 Å². The molecule has 0 aromatic rings. The average molecular weight is 142 g/mol. The Balaban J connectivity index is 3.04. The third kappa shape index (κ3) is 7.47. The first-order chi connectivity index (χ1) is 4.77. The summed E-state index contributed by atoms with van der Waals surface area (Å²) in [6, 6.07) is 0.505. The van der Waals surface area contributed by atoms with Crippen molar-refractivity contribution in [1.82, 2.24) is 5.32 Å². The van der Waals surface area contributed by atoms with Crippen LogP contribution in [0.3, 0.4) is 0 Å². The molecule has 0 fully saturated rings. The van der Waals surface area contributed by atoms with Gasteiger partial charge in [0.2, 0.25) is 0 Å². The second kappa shape index (κ2) is 6.59. The van der Waals surface area contributed by atoms with Crippen molar-refractivity contribution in [2.75, 3.05) is 6.54 Å². The zero-order valence-electron chi connectivity index (χ0n) is 7.22. The fraction of sp³-hybridized carbons (Fsp3) is 0.875. The second-order valence-electron chi connectivity index (χ2n) is 2.71. The predicted octanol–water partition coefficient (Wildman–Crippen LogP) is 1.81. The van der Waals surface area contributed by atoms with E-state index in [0.29, 0.717) is 6.04 Å². The molecule has 60 valence electrons. The van der Waals surface area contributed by atoms with Crippen LogP contribution in [0.2, 0.25) is 0 Å². The highest BCUT2D eigenvalue weighted by atomic mass is 14.9. The van der Waals surface area contributed by atoms with Gasteiger partial charge in [-0.2, -0.15) is 0 Å². The van der Waals surface area contributed by atoms with Gasteiger partial charge in [0.25, 0.3) is 0 Å². The van der Waals surface area contributed by atoms with E-state index in [0.717, 1.165) is 6.54 Å². The zero-order chi connectivity index (χ0) is 7.82. The minimum Gasteiger partial charge on any atom is -0.374 e. The van der Waals surface area contributed by atoms with Gasteiger partial charge in [-0.3, -0.25) is 4.99 Å². The van der Waals surface area contributed by atoms with E-state index in [1.54, 1.807) is 6.34 Å². The van der Waals surface area contributed by atoms with Crippen LogP contribution in [0.5, 0.6) is 0 Å². The van der Waals surface area contributed by atoms with Crippen LogP contribution in [-0.4, -0.2) is 18.9 Å². The standard InChI is InChI=1S/C8H18N2/c1-4-5-6-9-7-10-8(2)3/h7-8H,4-6H2,1-3H3,(H,9,10). The Morgan fingerprint density at radius 2 is 2.20 bits per heavy atom. The van der Waals surface area contributed by atoms with Crippen LogP contribution < -0.4 is 5.32 Å². The summed E-state index contributed by atoms with van der Waals surface area (Å²) < 4.78 is 0. The lowest BCUT2D eigenvalue weighted by Gasteiger charge is -2.01. The predicted molar refractivity (Wildman–Crippen MR) is 46.5 cm³/mol. The molecule has 0 heterocycles. The molecule has 0 radical (unpaired) electrons. The third-order valence-corrected chi connectivity index (χ3v) is 1.14. The lowest BCUT2D eigenvalue weighted by molar-refractivity contribution is 0.735. The van der Waals surface area contributed by atoms with Crippen LogP contribution in [0.15, 0.2) is 4.99 Å². The van der Waals surface area contributed by atoms with Crippen LogP contribution >= 0.6 is 0 Å². The van der Waals surface area contributed by atoms with Crippen LogP contribution in [0.1, 0.15) is 33.6 Å². The molecule has 0 aromatic carbocycles. The van der Waals surface area contributed by atoms with Crippen molar-refractivity contribution in [3.8, 4) is 0 Å². The molecule has 1 N–H and O–H groups in total. The Kier molecular flexibility index (Phi) is 6.24. The summed E-state index contributed by atoms with van der Waals surface area (Å²) in [4.78, 5) is 4.17. The molecule has 0 amide bonds. The maximum Gasteiger partial charge on any atom is 0.0825 e. The smallest absolute Gasteiger partial charge is 0.0825 e. The largest absolute Gasteiger partial charge is 0.374 e. The van der Waals surface area contributed by atoms with Crippen LogP contribution in [0, 0.1) is 0 Å². The van der Waals surface area contributed by atoms with Crippen LogP contribution in [0.25, 0.3) is 0 Å². The van der Waals surface area contributed by atoms with Gasteiger partial charge in [-0.1, -0.05) is 13.3 Å². The maximum absolute atomic E-state index is 4.17. The topological polar surface area (TPSA) is 24.4 Å². The van der Waals surface area contributed by atoms with Crippen molar-refractivity contribution >= 4 is 6.34 Å². The van der Waals surface area contributed by atoms with E-state index in [9.17, 15) is 0 Å². The Hall–Kier alpha value is -0.530. The van der Waals surface area contributed by atoms with Crippen molar-refractivity contribution < 1.29 is 0 Å². The molecule has 0 aromatic heterocycles. The van der Waals surface area contributed by atoms with Gasteiger partial charge in [0.1, 0.15) is 0 Å². The highest BCUT2D eigenvalue weighted by molar-refractivity contribution is 5.54. The summed E-state index contributed by atoms with van der Waals surface area (Å²) in [5, 5.41) is 3.11. The number of aliphatic imine (C=N–C) groups is 1. The van der Waals surface area contributed by atoms with Crippen molar-refractivity contribution in [2.45, 2.75) is 39.7 Å². The number of rotatable bonds is 5. The van der Waals surface area contributed by atoms with Gasteiger partial charge in [0, 0.05) is 12.6 Å². The summed E-state index contributed by atoms with van der Waals surface area (Å²) in [5.74, 6) is 0. The monoisotopic (exact) mass is 142 g/mol. The number of nitrogens with one attached hydrogen (secondary N) is 1. The molecule has 0 spiro atoms. The molecule has 2 nitrogen and oxygen atoms in total. The maximum atomic E-state index is 4.17. The molecule has 0 saturated carbocycles. The van der Waals surface area contributed by atoms with Gasteiger partial charge in [0.05, 0.1) is 6.34 Å². The van der Waals surface area contributed by atoms with E-state index in [2.05, 4.69) is 31.1 Å². The van der Waals surface area contributed by atoms with Crippen LogP contribution in [0.4, 0.5) is 0 Å². The highest BCUT2D eigenvalue weighted by Crippen LogP contribution is 1.84. The summed E-state index contributed by atoms with van der Waals surface area (Å²) in [7, 11) is 0. The zero-order valence-corrected chi connectivity index (χ0v) is 7.22. The molecule has 10 heavy (non-hydrogen) atoms. The molecule has 0 saturated heterocycles. The van der Waals surface area contributed by atoms with Gasteiger partial charge in [-0.05, 0) is 20.3 Å². The van der Waals surface area contributed by atoms with E-state index < -0.39 is 0 Å². The van der Waals surface area contributed by atoms with Crippen molar-refractivity contribution in [2.24, 2.45) is 4.99 Å². The van der Waals surface area contributed by atoms with Gasteiger partial charge >= 0.3 is 0 Å². The minimum absolute atomic E-state index is 0.505. The molecule has 0 rings (SSSR count). The van der Waals surface area contributed by atoms with Gasteiger partial charge in [0.15, 0.2) is 0 Å². The molecule has 0 aliphatic heterocycles. The number of hydrogen-bond donors (Lipinski definition) is 1. The molecule has 0 aliphatic rings. The van der Waals surface area contributed by atoms with Crippen molar-refractivity contribution in [3.05, 3.63) is 0 Å². The first-order valence-electron chi connectivity index (χ1n) is 4.01. The fourth-order valence-electron chi connectivity index (χ4n) is 0.516. The summed E-state index contributed by atoms with van der Waals surface area (Å²) in [5.41, 5.74) is 0. The van der Waals surface area contributed by atoms with Crippen molar-refractivity contribution in [3.63, 3.8) is 0 Å². The molecule has 0 atom stereocenters. The normalized spacial score (nSPS) is 11.2. The third-order valence-electron chi connectivity index (χ3n) is 1.14. The fourth-order valence-corrected chi connectivity index (χ4v) is 0.516. The lowest BCUT2D eigenvalue weighted by atomic mass is 10.3. The summed E-state index contributed by atoms with van der Waals surface area (Å²) in [6.45, 7) is 7.33. The van der Waals surface area contributed by atoms with Gasteiger partial charge in [-0.15, -0.1) is 0 Å². The molecule has 0 bridgehead atoms. The molecule has 0 unspecified atom stereocenters. The van der Waals surface area contributed by atoms with Gasteiger partial charge < -0.3 is 5.32 Å². The first kappa shape index (κ1) is 9.47. The van der Waals surface area contributed by atoms with E-state index in [-0.39, 0.29) is 0 Å². The Labute approximate surface area is 63.7 Å². The number of unbranched alkanes of at least 4 members (excludes halogenated alkanes) is 1. The Morgan fingerprint density at radius 1 is 1.50 bits per heavy atom. The quantitative estimate of drug-likeness (QED) is 0.353. The molecular weight excluding hydrogens is 124 g/mol. The van der Waals surface area contributed by atoms with Crippen molar-refractivity contribution in [1.29, 1.82) is 0 Å². The number of nitrogens with zero attached hydrogens (tertiary/aromatic N) is 1. The second-order valence-corrected chi connectivity index (χ2v) is 2.71. The molecule has 0 aliphatic carbocycles. The summed E-state index contributed by atoms with van der Waals surface area (Å²) >= 11 is 0. The van der Waals surface area contributed by atoms with E-state index in [4.69, 9.17) is 0 Å². The molecule has 2 heteroatoms. The number of hydrogen-bond acceptors (Lipinski definition) is 1. The Bertz CT molecular complexity index is 87.3. The van der Waals surface area contributed by atoms with E-state index in [1.807, 2.05) is 0 Å². The lowest BCUT2D eigenvalue weighted by Crippen LogP contribution is -2.20. The minimum atomic E-state index is 0.505. The Morgan fingerprint density at radius 3 is 2.70 bits per heavy atom. The highest BCUT2D eigenvalue weighted by Gasteiger charge is 1.83.